The van der Waals surface area contributed by atoms with Crippen molar-refractivity contribution in [1.82, 2.24) is 4.90 Å². The zero-order valence-electron chi connectivity index (χ0n) is 11.0. The number of aliphatic carboxylic acids is 1. The number of carboxylic acid groups (broad SMARTS) is 1. The highest BCUT2D eigenvalue weighted by Crippen LogP contribution is 2.07. The zero-order valence-corrected chi connectivity index (χ0v) is 11.0. The Bertz CT molecular complexity index is 173. The van der Waals surface area contributed by atoms with Gasteiger partial charge in [0.1, 0.15) is 6.04 Å². The van der Waals surface area contributed by atoms with Crippen LogP contribution in [0.2, 0.25) is 0 Å². The summed E-state index contributed by atoms with van der Waals surface area (Å²) in [6.45, 7) is 7.97. The highest BCUT2D eigenvalue weighted by atomic mass is 16.4. The fourth-order valence-electron chi connectivity index (χ4n) is 1.79. The van der Waals surface area contributed by atoms with Crippen LogP contribution in [-0.2, 0) is 4.79 Å². The lowest BCUT2D eigenvalue weighted by Crippen LogP contribution is -2.40. The molecule has 0 aliphatic heterocycles. The van der Waals surface area contributed by atoms with Crippen LogP contribution >= 0.6 is 0 Å². The molecule has 0 rings (SSSR count). The minimum Gasteiger partial charge on any atom is -0.480 e. The van der Waals surface area contributed by atoms with Crippen LogP contribution in [-0.4, -0.2) is 35.1 Å². The average molecular weight is 229 g/mol. The summed E-state index contributed by atoms with van der Waals surface area (Å²) >= 11 is 0. The Balaban J connectivity index is 3.99. The zero-order chi connectivity index (χ0) is 12.4. The molecule has 3 nitrogen and oxygen atoms in total. The molecule has 3 heteroatoms. The molecule has 0 aliphatic rings. The molecule has 0 bridgehead atoms. The smallest absolute Gasteiger partial charge is 0.320 e. The molecule has 0 spiro atoms. The molecule has 0 unspecified atom stereocenters. The summed E-state index contributed by atoms with van der Waals surface area (Å²) in [6, 6.07) is -0.339. The second-order valence-corrected chi connectivity index (χ2v) is 4.46. The molecule has 0 amide bonds. The topological polar surface area (TPSA) is 40.5 Å². The quantitative estimate of drug-likeness (QED) is 0.585. The van der Waals surface area contributed by atoms with Gasteiger partial charge in [-0.05, 0) is 32.9 Å². The normalized spacial score (nSPS) is 13.0. The van der Waals surface area contributed by atoms with Crippen molar-refractivity contribution in [2.24, 2.45) is 0 Å². The highest BCUT2D eigenvalue weighted by Gasteiger charge is 2.19. The van der Waals surface area contributed by atoms with Gasteiger partial charge in [0.15, 0.2) is 0 Å². The Morgan fingerprint density at radius 2 is 1.50 bits per heavy atom. The number of hydrogen-bond acceptors (Lipinski definition) is 2. The largest absolute Gasteiger partial charge is 0.480 e. The van der Waals surface area contributed by atoms with E-state index >= 15 is 0 Å². The molecule has 0 aromatic rings. The van der Waals surface area contributed by atoms with E-state index in [9.17, 15) is 4.79 Å². The van der Waals surface area contributed by atoms with E-state index in [1.165, 1.54) is 25.7 Å². The molecule has 0 radical (unpaired) electrons. The van der Waals surface area contributed by atoms with Crippen molar-refractivity contribution in [3.63, 3.8) is 0 Å². The number of carbonyl (C=O) groups is 1. The number of hydrogen-bond donors (Lipinski definition) is 1. The van der Waals surface area contributed by atoms with Gasteiger partial charge in [0.2, 0.25) is 0 Å². The Kier molecular flexibility index (Phi) is 9.30. The third-order valence-corrected chi connectivity index (χ3v) is 3.00. The van der Waals surface area contributed by atoms with Crippen LogP contribution in [0.15, 0.2) is 0 Å². The van der Waals surface area contributed by atoms with Gasteiger partial charge in [-0.3, -0.25) is 9.69 Å². The van der Waals surface area contributed by atoms with E-state index in [0.29, 0.717) is 0 Å². The summed E-state index contributed by atoms with van der Waals surface area (Å²) in [5.74, 6) is -0.701. The van der Waals surface area contributed by atoms with Crippen molar-refractivity contribution in [1.29, 1.82) is 0 Å². The van der Waals surface area contributed by atoms with Crippen LogP contribution in [0.25, 0.3) is 0 Å². The van der Waals surface area contributed by atoms with Gasteiger partial charge in [-0.15, -0.1) is 0 Å². The second-order valence-electron chi connectivity index (χ2n) is 4.46. The van der Waals surface area contributed by atoms with E-state index < -0.39 is 5.97 Å². The summed E-state index contributed by atoms with van der Waals surface area (Å²) in [5, 5.41) is 9.02. The van der Waals surface area contributed by atoms with E-state index in [4.69, 9.17) is 5.11 Å². The third-order valence-electron chi connectivity index (χ3n) is 3.00. The molecule has 0 aromatic heterocycles. The van der Waals surface area contributed by atoms with Gasteiger partial charge < -0.3 is 5.11 Å². The highest BCUT2D eigenvalue weighted by molar-refractivity contribution is 5.72. The molecule has 0 saturated heterocycles. The molecule has 0 fully saturated rings. The van der Waals surface area contributed by atoms with Crippen LogP contribution in [0.3, 0.4) is 0 Å². The third kappa shape index (κ3) is 6.83. The molecule has 0 saturated carbocycles. The number of nitrogens with zero attached hydrogens (tertiary/aromatic N) is 1. The summed E-state index contributed by atoms with van der Waals surface area (Å²) in [7, 11) is 0. The van der Waals surface area contributed by atoms with Crippen molar-refractivity contribution >= 4 is 5.97 Å². The van der Waals surface area contributed by atoms with Crippen LogP contribution in [0.5, 0.6) is 0 Å². The van der Waals surface area contributed by atoms with Gasteiger partial charge in [0.25, 0.3) is 0 Å². The molecule has 0 heterocycles. The Morgan fingerprint density at radius 3 is 1.81 bits per heavy atom. The monoisotopic (exact) mass is 229 g/mol. The molecule has 1 N–H and O–H groups in total. The number of unbranched alkanes of at least 4 members (excludes halogenated alkanes) is 4. The van der Waals surface area contributed by atoms with Gasteiger partial charge in [-0.2, -0.15) is 0 Å². The lowest BCUT2D eigenvalue weighted by molar-refractivity contribution is -0.142. The first-order chi connectivity index (χ1) is 7.63. The molecular formula is C13H27NO2. The SMILES string of the molecule is CCCCCN(CCCCC)[C@H](C)C(=O)O. The first-order valence-electron chi connectivity index (χ1n) is 6.60. The van der Waals surface area contributed by atoms with Crippen LogP contribution in [0.4, 0.5) is 0 Å². The molecular weight excluding hydrogens is 202 g/mol. The lowest BCUT2D eigenvalue weighted by Gasteiger charge is -2.26. The number of carboxylic acids is 1. The first-order valence-corrected chi connectivity index (χ1v) is 6.60. The van der Waals surface area contributed by atoms with E-state index in [1.54, 1.807) is 6.92 Å². The van der Waals surface area contributed by atoms with Gasteiger partial charge in [-0.1, -0.05) is 39.5 Å². The van der Waals surface area contributed by atoms with Crippen LogP contribution in [0, 0.1) is 0 Å². The number of rotatable bonds is 10. The molecule has 0 aromatic carbocycles. The lowest BCUT2D eigenvalue weighted by atomic mass is 10.1. The van der Waals surface area contributed by atoms with Crippen molar-refractivity contribution in [2.45, 2.75) is 65.3 Å². The molecule has 16 heavy (non-hydrogen) atoms. The maximum atomic E-state index is 11.0. The van der Waals surface area contributed by atoms with Gasteiger partial charge in [0.05, 0.1) is 0 Å². The molecule has 1 atom stereocenters. The first kappa shape index (κ1) is 15.4. The van der Waals surface area contributed by atoms with Crippen LogP contribution < -0.4 is 0 Å². The second kappa shape index (κ2) is 9.64. The maximum absolute atomic E-state index is 11.0. The molecule has 96 valence electrons. The fraction of sp³-hybridized carbons (Fsp3) is 0.923. The van der Waals surface area contributed by atoms with Crippen LogP contribution in [0.1, 0.15) is 59.3 Å². The average Bonchev–Trinajstić information content (AvgIpc) is 2.26. The van der Waals surface area contributed by atoms with E-state index in [0.717, 1.165) is 25.9 Å². The van der Waals surface area contributed by atoms with Gasteiger partial charge in [-0.25, -0.2) is 0 Å². The summed E-state index contributed by atoms with van der Waals surface area (Å²) in [4.78, 5) is 13.1. The maximum Gasteiger partial charge on any atom is 0.320 e. The van der Waals surface area contributed by atoms with Crippen molar-refractivity contribution in [3.8, 4) is 0 Å². The van der Waals surface area contributed by atoms with E-state index in [2.05, 4.69) is 18.7 Å². The minimum atomic E-state index is -0.701. The van der Waals surface area contributed by atoms with Crippen molar-refractivity contribution in [2.75, 3.05) is 13.1 Å². The standard InChI is InChI=1S/C13H27NO2/c1-4-6-8-10-14(11-9-7-5-2)12(3)13(15)16/h12H,4-11H2,1-3H3,(H,15,16)/t12-/m1/s1. The summed E-state index contributed by atoms with van der Waals surface area (Å²) < 4.78 is 0. The van der Waals surface area contributed by atoms with E-state index in [-0.39, 0.29) is 6.04 Å². The predicted octanol–water partition coefficient (Wildman–Crippen LogP) is 3.14. The van der Waals surface area contributed by atoms with E-state index in [1.807, 2.05) is 0 Å². The molecule has 0 aliphatic carbocycles. The Labute approximate surface area is 99.8 Å². The summed E-state index contributed by atoms with van der Waals surface area (Å²) in [6.07, 6.45) is 6.97. The van der Waals surface area contributed by atoms with Gasteiger partial charge >= 0.3 is 5.97 Å². The predicted molar refractivity (Wildman–Crippen MR) is 67.7 cm³/mol. The van der Waals surface area contributed by atoms with Gasteiger partial charge in [0, 0.05) is 0 Å². The van der Waals surface area contributed by atoms with Crippen molar-refractivity contribution < 1.29 is 9.90 Å². The fourth-order valence-corrected chi connectivity index (χ4v) is 1.79. The van der Waals surface area contributed by atoms with Crippen molar-refractivity contribution in [3.05, 3.63) is 0 Å². The Hall–Kier alpha value is -0.570. The minimum absolute atomic E-state index is 0.339. The Morgan fingerprint density at radius 1 is 1.06 bits per heavy atom. The summed E-state index contributed by atoms with van der Waals surface area (Å²) in [5.41, 5.74) is 0.